The number of benzene rings is 1. The minimum absolute atomic E-state index is 0.0411. The van der Waals surface area contributed by atoms with E-state index in [4.69, 9.17) is 0 Å². The minimum Gasteiger partial charge on any atom is -0.465 e. The van der Waals surface area contributed by atoms with E-state index < -0.39 is 17.8 Å². The van der Waals surface area contributed by atoms with Gasteiger partial charge in [0.1, 0.15) is 5.82 Å². The normalized spacial score (nSPS) is 20.7. The molecule has 1 aliphatic heterocycles. The number of carboxylic acid groups (broad SMARTS) is 1. The summed E-state index contributed by atoms with van der Waals surface area (Å²) in [4.78, 5) is 17.8. The molecule has 2 heterocycles. The maximum atomic E-state index is 13.0. The standard InChI is InChI=1S/C21H26F3N3O2/c1-20(2,3)17-11-14(8-9-27(17)19(28)29)18-25-16(12-26(18)4)13-6-5-7-15(10-13)21(22,23)24/h5-7,10,12,14,17H,8-9,11H2,1-4H3,(H,28,29). The van der Waals surface area contributed by atoms with Gasteiger partial charge in [-0.3, -0.25) is 0 Å². The zero-order valence-electron chi connectivity index (χ0n) is 17.0. The van der Waals surface area contributed by atoms with Crippen molar-refractivity contribution in [2.45, 2.75) is 51.7 Å². The number of rotatable bonds is 2. The lowest BCUT2D eigenvalue weighted by Crippen LogP contribution is -2.51. The van der Waals surface area contributed by atoms with Gasteiger partial charge < -0.3 is 14.6 Å². The molecule has 0 saturated carbocycles. The van der Waals surface area contributed by atoms with Crippen LogP contribution in [0.15, 0.2) is 30.5 Å². The van der Waals surface area contributed by atoms with Crippen molar-refractivity contribution in [3.05, 3.63) is 41.9 Å². The highest BCUT2D eigenvalue weighted by Gasteiger charge is 2.40. The third kappa shape index (κ3) is 4.41. The molecule has 0 bridgehead atoms. The molecular formula is C21H26F3N3O2. The van der Waals surface area contributed by atoms with E-state index in [1.54, 1.807) is 12.3 Å². The molecule has 2 unspecified atom stereocenters. The molecule has 1 saturated heterocycles. The highest BCUT2D eigenvalue weighted by Crippen LogP contribution is 2.39. The molecule has 29 heavy (non-hydrogen) atoms. The Morgan fingerprint density at radius 2 is 1.93 bits per heavy atom. The molecule has 158 valence electrons. The van der Waals surface area contributed by atoms with Crippen molar-refractivity contribution in [2.75, 3.05) is 6.54 Å². The monoisotopic (exact) mass is 409 g/mol. The lowest BCUT2D eigenvalue weighted by atomic mass is 9.77. The molecule has 0 spiro atoms. The number of aryl methyl sites for hydroxylation is 1. The Kier molecular flexibility index (Phi) is 5.40. The average molecular weight is 409 g/mol. The molecule has 1 aromatic heterocycles. The van der Waals surface area contributed by atoms with Crippen LogP contribution in [0.2, 0.25) is 0 Å². The third-order valence-electron chi connectivity index (χ3n) is 5.61. The predicted molar refractivity (Wildman–Crippen MR) is 104 cm³/mol. The number of aromatic nitrogens is 2. The van der Waals surface area contributed by atoms with E-state index in [1.165, 1.54) is 11.0 Å². The number of halogens is 3. The van der Waals surface area contributed by atoms with Gasteiger partial charge >= 0.3 is 12.3 Å². The Morgan fingerprint density at radius 1 is 1.24 bits per heavy atom. The maximum Gasteiger partial charge on any atom is 0.416 e. The fourth-order valence-electron chi connectivity index (χ4n) is 4.10. The van der Waals surface area contributed by atoms with Gasteiger partial charge in [0.25, 0.3) is 0 Å². The predicted octanol–water partition coefficient (Wildman–Crippen LogP) is 5.38. The second kappa shape index (κ2) is 7.39. The Morgan fingerprint density at radius 3 is 2.52 bits per heavy atom. The molecule has 1 N–H and O–H groups in total. The first kappa shape index (κ1) is 21.2. The van der Waals surface area contributed by atoms with E-state index in [0.29, 0.717) is 30.6 Å². The van der Waals surface area contributed by atoms with Crippen molar-refractivity contribution in [3.8, 4) is 11.3 Å². The molecule has 5 nitrogen and oxygen atoms in total. The number of hydrogen-bond donors (Lipinski definition) is 1. The zero-order valence-corrected chi connectivity index (χ0v) is 17.0. The van der Waals surface area contributed by atoms with Crippen molar-refractivity contribution in [3.63, 3.8) is 0 Å². The van der Waals surface area contributed by atoms with Crippen molar-refractivity contribution in [2.24, 2.45) is 12.5 Å². The molecule has 1 aromatic carbocycles. The van der Waals surface area contributed by atoms with Crippen LogP contribution in [-0.2, 0) is 13.2 Å². The lowest BCUT2D eigenvalue weighted by Gasteiger charge is -2.44. The number of alkyl halides is 3. The fraction of sp³-hybridized carbons (Fsp3) is 0.524. The van der Waals surface area contributed by atoms with Gasteiger partial charge in [-0.05, 0) is 30.4 Å². The van der Waals surface area contributed by atoms with Gasteiger partial charge in [-0.25, -0.2) is 9.78 Å². The topological polar surface area (TPSA) is 58.4 Å². The van der Waals surface area contributed by atoms with E-state index in [-0.39, 0.29) is 17.4 Å². The molecule has 1 aliphatic rings. The van der Waals surface area contributed by atoms with Gasteiger partial charge in [-0.1, -0.05) is 32.9 Å². The number of piperidine rings is 1. The van der Waals surface area contributed by atoms with Gasteiger partial charge in [0.15, 0.2) is 0 Å². The first-order valence-electron chi connectivity index (χ1n) is 9.58. The second-order valence-corrected chi connectivity index (χ2v) is 8.75. The smallest absolute Gasteiger partial charge is 0.416 e. The van der Waals surface area contributed by atoms with Crippen molar-refractivity contribution < 1.29 is 23.1 Å². The number of imidazole rings is 1. The molecule has 1 fully saturated rings. The molecule has 2 aromatic rings. The van der Waals surface area contributed by atoms with E-state index in [9.17, 15) is 23.1 Å². The SMILES string of the molecule is Cn1cc(-c2cccc(C(F)(F)F)c2)nc1C1CCN(C(=O)O)C(C(C)(C)C)C1. The maximum absolute atomic E-state index is 13.0. The second-order valence-electron chi connectivity index (χ2n) is 8.75. The lowest BCUT2D eigenvalue weighted by molar-refractivity contribution is -0.137. The van der Waals surface area contributed by atoms with Crippen LogP contribution in [0.25, 0.3) is 11.3 Å². The molecule has 3 rings (SSSR count). The van der Waals surface area contributed by atoms with Crippen LogP contribution in [0.4, 0.5) is 18.0 Å². The summed E-state index contributed by atoms with van der Waals surface area (Å²) in [6.45, 7) is 6.46. The van der Waals surface area contributed by atoms with Crippen molar-refractivity contribution >= 4 is 6.09 Å². The quantitative estimate of drug-likeness (QED) is 0.725. The molecule has 2 atom stereocenters. The van der Waals surface area contributed by atoms with Gasteiger partial charge in [0.2, 0.25) is 0 Å². The average Bonchev–Trinajstić information content (AvgIpc) is 3.01. The number of nitrogens with zero attached hydrogens (tertiary/aromatic N) is 3. The summed E-state index contributed by atoms with van der Waals surface area (Å²) in [6.07, 6.45) is -2.33. The molecule has 0 aliphatic carbocycles. The Bertz CT molecular complexity index is 899. The molecule has 8 heteroatoms. The molecular weight excluding hydrogens is 383 g/mol. The molecule has 1 amide bonds. The van der Waals surface area contributed by atoms with Crippen LogP contribution < -0.4 is 0 Å². The van der Waals surface area contributed by atoms with Gasteiger partial charge in [0, 0.05) is 37.3 Å². The highest BCUT2D eigenvalue weighted by atomic mass is 19.4. The zero-order chi connectivity index (χ0) is 21.6. The van der Waals surface area contributed by atoms with Crippen LogP contribution in [0, 0.1) is 5.41 Å². The summed E-state index contributed by atoms with van der Waals surface area (Å²) < 4.78 is 41.0. The van der Waals surface area contributed by atoms with Crippen LogP contribution in [-0.4, -0.2) is 38.2 Å². The van der Waals surface area contributed by atoms with Gasteiger partial charge in [-0.2, -0.15) is 13.2 Å². The summed E-state index contributed by atoms with van der Waals surface area (Å²) in [5, 5.41) is 9.54. The summed E-state index contributed by atoms with van der Waals surface area (Å²) >= 11 is 0. The van der Waals surface area contributed by atoms with Crippen LogP contribution >= 0.6 is 0 Å². The number of amides is 1. The van der Waals surface area contributed by atoms with Crippen molar-refractivity contribution in [1.82, 2.24) is 14.5 Å². The summed E-state index contributed by atoms with van der Waals surface area (Å²) in [5.74, 6) is 0.816. The van der Waals surface area contributed by atoms with E-state index in [0.717, 1.165) is 18.0 Å². The van der Waals surface area contributed by atoms with Crippen LogP contribution in [0.3, 0.4) is 0 Å². The van der Waals surface area contributed by atoms with E-state index >= 15 is 0 Å². The van der Waals surface area contributed by atoms with Gasteiger partial charge in [0.05, 0.1) is 11.3 Å². The van der Waals surface area contributed by atoms with Gasteiger partial charge in [-0.15, -0.1) is 0 Å². The van der Waals surface area contributed by atoms with E-state index in [2.05, 4.69) is 4.98 Å². The number of carbonyl (C=O) groups is 1. The Hall–Kier alpha value is -2.51. The Labute approximate surface area is 168 Å². The number of likely N-dealkylation sites (tertiary alicyclic amines) is 1. The first-order valence-corrected chi connectivity index (χ1v) is 9.58. The summed E-state index contributed by atoms with van der Waals surface area (Å²) in [6, 6.07) is 4.99. The molecule has 0 radical (unpaired) electrons. The van der Waals surface area contributed by atoms with Crippen LogP contribution in [0.1, 0.15) is 50.9 Å². The minimum atomic E-state index is -4.41. The first-order chi connectivity index (χ1) is 13.4. The van der Waals surface area contributed by atoms with Crippen LogP contribution in [0.5, 0.6) is 0 Å². The van der Waals surface area contributed by atoms with E-state index in [1.807, 2.05) is 32.4 Å². The van der Waals surface area contributed by atoms with Crippen molar-refractivity contribution in [1.29, 1.82) is 0 Å². The third-order valence-corrected chi connectivity index (χ3v) is 5.61. The number of hydrogen-bond acceptors (Lipinski definition) is 2. The largest absolute Gasteiger partial charge is 0.465 e. The summed E-state index contributed by atoms with van der Waals surface area (Å²) in [7, 11) is 1.83. The fourth-order valence-corrected chi connectivity index (χ4v) is 4.10. The Balaban J connectivity index is 1.90. The highest BCUT2D eigenvalue weighted by molar-refractivity contribution is 5.66. The summed E-state index contributed by atoms with van der Waals surface area (Å²) in [5.41, 5.74) is -0.0325.